The monoisotopic (exact) mass is 394 g/mol. The summed E-state index contributed by atoms with van der Waals surface area (Å²) in [5.74, 6) is 0.140. The van der Waals surface area contributed by atoms with E-state index in [0.717, 1.165) is 12.8 Å². The van der Waals surface area contributed by atoms with Crippen molar-refractivity contribution in [3.05, 3.63) is 23.2 Å². The smallest absolute Gasteiger partial charge is 0.316 e. The molecule has 148 valence electrons. The van der Waals surface area contributed by atoms with E-state index in [2.05, 4.69) is 0 Å². The SMILES string of the molecule is CCCOc1c(OCCC)c(OC(=O)C(C)(C)C)c2ccc(Cl)cc2c1O. The number of phenolic OH excluding ortho intramolecular Hbond substituents is 1. The lowest BCUT2D eigenvalue weighted by atomic mass is 9.97. The second-order valence-corrected chi connectivity index (χ2v) is 7.80. The number of rotatable bonds is 7. The van der Waals surface area contributed by atoms with E-state index in [1.807, 2.05) is 13.8 Å². The highest BCUT2D eigenvalue weighted by Crippen LogP contribution is 2.51. The van der Waals surface area contributed by atoms with Crippen molar-refractivity contribution in [2.45, 2.75) is 47.5 Å². The van der Waals surface area contributed by atoms with Gasteiger partial charge >= 0.3 is 5.97 Å². The molecular formula is C21H27ClO5. The number of ether oxygens (including phenoxy) is 3. The second-order valence-electron chi connectivity index (χ2n) is 7.36. The van der Waals surface area contributed by atoms with Gasteiger partial charge in [-0.05, 0) is 51.8 Å². The van der Waals surface area contributed by atoms with Gasteiger partial charge in [-0.3, -0.25) is 4.79 Å². The summed E-state index contributed by atoms with van der Waals surface area (Å²) in [5.41, 5.74) is -0.705. The van der Waals surface area contributed by atoms with Gasteiger partial charge in [0.1, 0.15) is 0 Å². The number of esters is 1. The number of hydrogen-bond donors (Lipinski definition) is 1. The number of carbonyl (C=O) groups is 1. The summed E-state index contributed by atoms with van der Waals surface area (Å²) in [5, 5.41) is 12.2. The molecule has 0 amide bonds. The standard InChI is InChI=1S/C21H27ClO5/c1-6-10-25-18-16(23)15-12-13(22)8-9-14(15)17(19(18)26-11-7-2)27-20(24)21(3,4)5/h8-9,12,23H,6-7,10-11H2,1-5H3. The summed E-state index contributed by atoms with van der Waals surface area (Å²) in [6.45, 7) is 10.0. The number of fused-ring (bicyclic) bond motifs is 1. The minimum absolute atomic E-state index is 0.0809. The normalized spacial score (nSPS) is 11.5. The molecule has 2 aromatic carbocycles. The van der Waals surface area contributed by atoms with Crippen molar-refractivity contribution in [3.8, 4) is 23.0 Å². The molecule has 0 atom stereocenters. The van der Waals surface area contributed by atoms with Crippen LogP contribution in [-0.2, 0) is 4.79 Å². The molecular weight excluding hydrogens is 368 g/mol. The van der Waals surface area contributed by atoms with Crippen LogP contribution in [0.25, 0.3) is 10.8 Å². The summed E-state index contributed by atoms with van der Waals surface area (Å²) >= 11 is 6.11. The first-order valence-corrected chi connectivity index (χ1v) is 9.54. The minimum atomic E-state index is -0.705. The Bertz CT molecular complexity index is 824. The highest BCUT2D eigenvalue weighted by molar-refractivity contribution is 6.31. The second kappa shape index (κ2) is 8.70. The van der Waals surface area contributed by atoms with Gasteiger partial charge < -0.3 is 19.3 Å². The molecule has 0 unspecified atom stereocenters. The summed E-state index contributed by atoms with van der Waals surface area (Å²) in [4.78, 5) is 12.6. The highest BCUT2D eigenvalue weighted by atomic mass is 35.5. The summed E-state index contributed by atoms with van der Waals surface area (Å²) in [6.07, 6.45) is 1.50. The molecule has 0 aliphatic carbocycles. The molecule has 6 heteroatoms. The van der Waals surface area contributed by atoms with Gasteiger partial charge in [0.25, 0.3) is 0 Å². The molecule has 2 rings (SSSR count). The van der Waals surface area contributed by atoms with E-state index in [9.17, 15) is 9.90 Å². The van der Waals surface area contributed by atoms with Gasteiger partial charge in [0.05, 0.1) is 18.6 Å². The van der Waals surface area contributed by atoms with Crippen LogP contribution in [0.1, 0.15) is 47.5 Å². The Morgan fingerprint density at radius 1 is 1.00 bits per heavy atom. The number of benzene rings is 2. The maximum atomic E-state index is 12.6. The van der Waals surface area contributed by atoms with Gasteiger partial charge in [0.2, 0.25) is 11.5 Å². The lowest BCUT2D eigenvalue weighted by molar-refractivity contribution is -0.143. The van der Waals surface area contributed by atoms with Crippen molar-refractivity contribution >= 4 is 28.3 Å². The Balaban J connectivity index is 2.76. The third-order valence-corrected chi connectivity index (χ3v) is 4.05. The van der Waals surface area contributed by atoms with Gasteiger partial charge in [-0.25, -0.2) is 0 Å². The number of phenols is 1. The summed E-state index contributed by atoms with van der Waals surface area (Å²) in [6, 6.07) is 4.99. The number of aromatic hydroxyl groups is 1. The van der Waals surface area contributed by atoms with E-state index < -0.39 is 11.4 Å². The number of carbonyl (C=O) groups excluding carboxylic acids is 1. The molecule has 0 aliphatic heterocycles. The lowest BCUT2D eigenvalue weighted by Crippen LogP contribution is -2.26. The first kappa shape index (κ1) is 21.2. The van der Waals surface area contributed by atoms with Gasteiger partial charge in [0, 0.05) is 15.8 Å². The lowest BCUT2D eigenvalue weighted by Gasteiger charge is -2.22. The molecule has 1 N–H and O–H groups in total. The van der Waals surface area contributed by atoms with Crippen LogP contribution in [0.5, 0.6) is 23.0 Å². The molecule has 0 aromatic heterocycles. The molecule has 27 heavy (non-hydrogen) atoms. The van der Waals surface area contributed by atoms with Gasteiger partial charge in [-0.15, -0.1) is 0 Å². The Morgan fingerprint density at radius 2 is 1.59 bits per heavy atom. The Morgan fingerprint density at radius 3 is 2.15 bits per heavy atom. The Labute approximate surface area is 165 Å². The van der Waals surface area contributed by atoms with Crippen LogP contribution in [0.2, 0.25) is 5.02 Å². The van der Waals surface area contributed by atoms with Crippen LogP contribution in [0.3, 0.4) is 0 Å². The first-order valence-electron chi connectivity index (χ1n) is 9.16. The zero-order valence-corrected chi connectivity index (χ0v) is 17.3. The zero-order chi connectivity index (χ0) is 20.2. The van der Waals surface area contributed by atoms with Crippen LogP contribution in [0.4, 0.5) is 0 Å². The molecule has 0 saturated carbocycles. The zero-order valence-electron chi connectivity index (χ0n) is 16.5. The minimum Gasteiger partial charge on any atom is -0.504 e. The van der Waals surface area contributed by atoms with Crippen molar-refractivity contribution in [1.82, 2.24) is 0 Å². The van der Waals surface area contributed by atoms with Crippen LogP contribution in [0, 0.1) is 5.41 Å². The van der Waals surface area contributed by atoms with Crippen LogP contribution < -0.4 is 14.2 Å². The molecule has 0 heterocycles. The summed E-state index contributed by atoms with van der Waals surface area (Å²) in [7, 11) is 0. The Hall–Kier alpha value is -2.14. The van der Waals surface area contributed by atoms with Gasteiger partial charge in [-0.2, -0.15) is 0 Å². The van der Waals surface area contributed by atoms with E-state index in [4.69, 9.17) is 25.8 Å². The first-order chi connectivity index (χ1) is 12.7. The van der Waals surface area contributed by atoms with Crippen LogP contribution in [0.15, 0.2) is 18.2 Å². The van der Waals surface area contributed by atoms with E-state index in [0.29, 0.717) is 29.0 Å². The van der Waals surface area contributed by atoms with E-state index in [1.165, 1.54) is 0 Å². The quantitative estimate of drug-likeness (QED) is 0.480. The highest BCUT2D eigenvalue weighted by Gasteiger charge is 2.29. The predicted octanol–water partition coefficient (Wildman–Crippen LogP) is 5.73. The third-order valence-electron chi connectivity index (χ3n) is 3.82. The molecule has 5 nitrogen and oxygen atoms in total. The van der Waals surface area contributed by atoms with Crippen molar-refractivity contribution in [2.24, 2.45) is 5.41 Å². The third kappa shape index (κ3) is 4.78. The molecule has 0 radical (unpaired) electrons. The van der Waals surface area contributed by atoms with Crippen molar-refractivity contribution in [1.29, 1.82) is 0 Å². The topological polar surface area (TPSA) is 65.0 Å². The average Bonchev–Trinajstić information content (AvgIpc) is 2.61. The maximum absolute atomic E-state index is 12.6. The molecule has 2 aromatic rings. The predicted molar refractivity (Wildman–Crippen MR) is 107 cm³/mol. The van der Waals surface area contributed by atoms with Crippen molar-refractivity contribution in [2.75, 3.05) is 13.2 Å². The molecule has 0 bridgehead atoms. The average molecular weight is 395 g/mol. The van der Waals surface area contributed by atoms with Crippen molar-refractivity contribution in [3.63, 3.8) is 0 Å². The summed E-state index contributed by atoms with van der Waals surface area (Å²) < 4.78 is 17.4. The van der Waals surface area contributed by atoms with E-state index in [-0.39, 0.29) is 23.0 Å². The van der Waals surface area contributed by atoms with E-state index in [1.54, 1.807) is 39.0 Å². The largest absolute Gasteiger partial charge is 0.504 e. The number of halogens is 1. The van der Waals surface area contributed by atoms with Crippen LogP contribution in [-0.4, -0.2) is 24.3 Å². The molecule has 0 spiro atoms. The number of hydrogen-bond acceptors (Lipinski definition) is 5. The van der Waals surface area contributed by atoms with Crippen molar-refractivity contribution < 1.29 is 24.1 Å². The Kier molecular flexibility index (Phi) is 6.82. The fraction of sp³-hybridized carbons (Fsp3) is 0.476. The van der Waals surface area contributed by atoms with Gasteiger partial charge in [-0.1, -0.05) is 25.4 Å². The van der Waals surface area contributed by atoms with E-state index >= 15 is 0 Å². The van der Waals surface area contributed by atoms with Gasteiger partial charge in [0.15, 0.2) is 11.5 Å². The fourth-order valence-corrected chi connectivity index (χ4v) is 2.56. The fourth-order valence-electron chi connectivity index (χ4n) is 2.39. The van der Waals surface area contributed by atoms with Crippen LogP contribution >= 0.6 is 11.6 Å². The molecule has 0 aliphatic rings. The molecule has 0 saturated heterocycles. The molecule has 0 fully saturated rings. The maximum Gasteiger partial charge on any atom is 0.316 e.